The molecule has 0 bridgehead atoms. The predicted octanol–water partition coefficient (Wildman–Crippen LogP) is 2.90. The Bertz CT molecular complexity index is 902. The molecule has 0 spiro atoms. The topological polar surface area (TPSA) is 100 Å². The number of amides is 2. The van der Waals surface area contributed by atoms with Gasteiger partial charge >= 0.3 is 0 Å². The van der Waals surface area contributed by atoms with Crippen LogP contribution in [0.25, 0.3) is 0 Å². The van der Waals surface area contributed by atoms with E-state index in [2.05, 4.69) is 15.6 Å². The lowest BCUT2D eigenvalue weighted by Gasteiger charge is -2.35. The van der Waals surface area contributed by atoms with Crippen molar-refractivity contribution in [3.63, 3.8) is 0 Å². The van der Waals surface area contributed by atoms with Crippen LogP contribution in [0.3, 0.4) is 0 Å². The molecule has 33 heavy (non-hydrogen) atoms. The first kappa shape index (κ1) is 26.3. The molecule has 2 aromatic rings. The lowest BCUT2D eigenvalue weighted by atomic mass is 9.95. The van der Waals surface area contributed by atoms with Crippen molar-refractivity contribution in [2.24, 2.45) is 5.92 Å². The summed E-state index contributed by atoms with van der Waals surface area (Å²) in [6.07, 6.45) is 2.67. The number of nitrogens with one attached hydrogen (secondary N) is 2. The highest BCUT2D eigenvalue weighted by atomic mass is 19.1. The van der Waals surface area contributed by atoms with E-state index in [9.17, 15) is 14.0 Å². The number of nitrogens with zero attached hydrogens (tertiary/aromatic N) is 2. The summed E-state index contributed by atoms with van der Waals surface area (Å²) in [5, 5.41) is 5.82. The van der Waals surface area contributed by atoms with E-state index < -0.39 is 6.04 Å². The zero-order valence-electron chi connectivity index (χ0n) is 20.1. The van der Waals surface area contributed by atoms with Gasteiger partial charge < -0.3 is 16.4 Å². The molecule has 4 N–H and O–H groups in total. The van der Waals surface area contributed by atoms with Crippen LogP contribution in [-0.4, -0.2) is 46.9 Å². The van der Waals surface area contributed by atoms with Crippen molar-refractivity contribution >= 4 is 17.6 Å². The molecule has 180 valence electrons. The van der Waals surface area contributed by atoms with Crippen LogP contribution in [0, 0.1) is 11.7 Å². The number of hydrogen-bond acceptors (Lipinski definition) is 5. The van der Waals surface area contributed by atoms with Gasteiger partial charge in [-0.3, -0.25) is 14.5 Å². The van der Waals surface area contributed by atoms with Crippen LogP contribution in [0.4, 0.5) is 10.2 Å². The molecule has 0 saturated heterocycles. The Morgan fingerprint density at radius 3 is 2.24 bits per heavy atom. The van der Waals surface area contributed by atoms with Gasteiger partial charge in [0, 0.05) is 25.2 Å². The minimum Gasteiger partial charge on any atom is -0.384 e. The smallest absolute Gasteiger partial charge is 0.243 e. The molecule has 3 atom stereocenters. The molecule has 1 heterocycles. The molecular formula is C25H36FN5O2. The number of hydrogen-bond donors (Lipinski definition) is 3. The van der Waals surface area contributed by atoms with Gasteiger partial charge in [-0.05, 0) is 56.1 Å². The standard InChI is InChI=1S/C25H36FN5O2/c1-6-17(4)23(31(5)16(2)3)25(33)30-21(13-18-7-10-20(26)11-8-18)24(32)29-15-19-9-12-22(27)28-14-19/h7-12,14,16-17,21,23H,6,13,15H2,1-5H3,(H2,27,28)(H,29,32)(H,30,33)/t17?,21-,23-/m0/s1. The van der Waals surface area contributed by atoms with E-state index in [1.165, 1.54) is 12.1 Å². The van der Waals surface area contributed by atoms with Gasteiger partial charge in [-0.25, -0.2) is 9.37 Å². The number of pyridine rings is 1. The molecule has 2 amide bonds. The van der Waals surface area contributed by atoms with Crippen LogP contribution >= 0.6 is 0 Å². The highest BCUT2D eigenvalue weighted by molar-refractivity contribution is 5.90. The summed E-state index contributed by atoms with van der Waals surface area (Å²) in [4.78, 5) is 32.5. The SMILES string of the molecule is CCC(C)[C@@H](C(=O)N[C@@H](Cc1ccc(F)cc1)C(=O)NCc1ccc(N)nc1)N(C)C(C)C. The van der Waals surface area contributed by atoms with E-state index >= 15 is 0 Å². The summed E-state index contributed by atoms with van der Waals surface area (Å²) < 4.78 is 13.4. The number of carbonyl (C=O) groups excluding carboxylic acids is 2. The van der Waals surface area contributed by atoms with Crippen molar-refractivity contribution in [2.45, 2.75) is 65.2 Å². The van der Waals surface area contributed by atoms with Crippen LogP contribution in [0.1, 0.15) is 45.2 Å². The Balaban J connectivity index is 2.20. The molecule has 0 aliphatic rings. The number of benzene rings is 1. The number of aromatic nitrogens is 1. The molecule has 8 heteroatoms. The van der Waals surface area contributed by atoms with Crippen LogP contribution in [0.5, 0.6) is 0 Å². The number of rotatable bonds is 11. The molecule has 0 aliphatic heterocycles. The van der Waals surface area contributed by atoms with Crippen molar-refractivity contribution in [2.75, 3.05) is 12.8 Å². The fourth-order valence-corrected chi connectivity index (χ4v) is 3.56. The van der Waals surface area contributed by atoms with Crippen LogP contribution in [0.2, 0.25) is 0 Å². The Morgan fingerprint density at radius 1 is 1.06 bits per heavy atom. The Labute approximate surface area is 196 Å². The largest absolute Gasteiger partial charge is 0.384 e. The highest BCUT2D eigenvalue weighted by Gasteiger charge is 2.32. The van der Waals surface area contributed by atoms with Gasteiger partial charge in [0.15, 0.2) is 0 Å². The second-order valence-corrected chi connectivity index (χ2v) is 8.79. The maximum Gasteiger partial charge on any atom is 0.243 e. The molecule has 7 nitrogen and oxygen atoms in total. The van der Waals surface area contributed by atoms with Crippen LogP contribution in [-0.2, 0) is 22.6 Å². The fraction of sp³-hybridized carbons (Fsp3) is 0.480. The summed E-state index contributed by atoms with van der Waals surface area (Å²) in [5.74, 6) is -0.365. The van der Waals surface area contributed by atoms with Crippen molar-refractivity contribution in [1.82, 2.24) is 20.5 Å². The number of halogens is 1. The quantitative estimate of drug-likeness (QED) is 0.482. The second kappa shape index (κ2) is 12.3. The van der Waals surface area contributed by atoms with Gasteiger partial charge in [-0.15, -0.1) is 0 Å². The normalized spacial score (nSPS) is 14.1. The number of nitrogens with two attached hydrogens (primary N) is 1. The van der Waals surface area contributed by atoms with E-state index in [-0.39, 0.29) is 48.6 Å². The summed E-state index contributed by atoms with van der Waals surface area (Å²) >= 11 is 0. The first-order valence-electron chi connectivity index (χ1n) is 11.4. The number of likely N-dealkylation sites (N-methyl/N-ethyl adjacent to an activating group) is 1. The zero-order chi connectivity index (χ0) is 24.5. The van der Waals surface area contributed by atoms with E-state index in [1.54, 1.807) is 30.5 Å². The second-order valence-electron chi connectivity index (χ2n) is 8.79. The third-order valence-electron chi connectivity index (χ3n) is 6.01. The molecule has 0 radical (unpaired) electrons. The fourth-order valence-electron chi connectivity index (χ4n) is 3.56. The summed E-state index contributed by atoms with van der Waals surface area (Å²) in [5.41, 5.74) is 7.16. The number of carbonyl (C=O) groups is 2. The zero-order valence-corrected chi connectivity index (χ0v) is 20.1. The summed E-state index contributed by atoms with van der Waals surface area (Å²) in [7, 11) is 1.92. The molecular weight excluding hydrogens is 421 g/mol. The van der Waals surface area contributed by atoms with Gasteiger partial charge in [-0.2, -0.15) is 0 Å². The Kier molecular flexibility index (Phi) is 9.78. The lowest BCUT2D eigenvalue weighted by molar-refractivity contribution is -0.133. The van der Waals surface area contributed by atoms with Crippen molar-refractivity contribution in [3.05, 3.63) is 59.5 Å². The molecule has 1 aromatic heterocycles. The van der Waals surface area contributed by atoms with Crippen LogP contribution in [0.15, 0.2) is 42.6 Å². The minimum atomic E-state index is -0.808. The minimum absolute atomic E-state index is 0.104. The summed E-state index contributed by atoms with van der Waals surface area (Å²) in [6.45, 7) is 8.40. The lowest BCUT2D eigenvalue weighted by Crippen LogP contribution is -2.56. The molecule has 0 saturated carbocycles. The third-order valence-corrected chi connectivity index (χ3v) is 6.01. The van der Waals surface area contributed by atoms with E-state index in [0.29, 0.717) is 5.82 Å². The molecule has 0 aliphatic carbocycles. The number of nitrogen functional groups attached to an aromatic ring is 1. The Hall–Kier alpha value is -3.00. The van der Waals surface area contributed by atoms with Crippen LogP contribution < -0.4 is 16.4 Å². The van der Waals surface area contributed by atoms with E-state index in [4.69, 9.17) is 5.73 Å². The number of anilines is 1. The van der Waals surface area contributed by atoms with Crippen molar-refractivity contribution < 1.29 is 14.0 Å². The average molecular weight is 458 g/mol. The van der Waals surface area contributed by atoms with Crippen molar-refractivity contribution in [3.8, 4) is 0 Å². The van der Waals surface area contributed by atoms with Gasteiger partial charge in [0.05, 0.1) is 6.04 Å². The van der Waals surface area contributed by atoms with Gasteiger partial charge in [0.2, 0.25) is 11.8 Å². The van der Waals surface area contributed by atoms with Gasteiger partial charge in [0.25, 0.3) is 0 Å². The maximum absolute atomic E-state index is 13.4. The molecule has 0 fully saturated rings. The van der Waals surface area contributed by atoms with Gasteiger partial charge in [0.1, 0.15) is 17.7 Å². The average Bonchev–Trinajstić information content (AvgIpc) is 2.79. The van der Waals surface area contributed by atoms with E-state index in [0.717, 1.165) is 17.5 Å². The first-order valence-corrected chi connectivity index (χ1v) is 11.4. The van der Waals surface area contributed by atoms with Gasteiger partial charge in [-0.1, -0.05) is 38.5 Å². The Morgan fingerprint density at radius 2 is 1.70 bits per heavy atom. The maximum atomic E-state index is 13.4. The predicted molar refractivity (Wildman–Crippen MR) is 129 cm³/mol. The molecule has 2 rings (SSSR count). The summed E-state index contributed by atoms with van der Waals surface area (Å²) in [6, 6.07) is 8.37. The molecule has 1 aromatic carbocycles. The third kappa shape index (κ3) is 7.82. The van der Waals surface area contributed by atoms with Crippen molar-refractivity contribution in [1.29, 1.82) is 0 Å². The first-order chi connectivity index (χ1) is 15.6. The molecule has 1 unspecified atom stereocenters. The van der Waals surface area contributed by atoms with E-state index in [1.807, 2.05) is 39.6 Å². The highest BCUT2D eigenvalue weighted by Crippen LogP contribution is 2.17. The monoisotopic (exact) mass is 457 g/mol.